The lowest BCUT2D eigenvalue weighted by Crippen LogP contribution is -2.50. The number of rotatable bonds is 25. The molecule has 0 bridgehead atoms. The van der Waals surface area contributed by atoms with Gasteiger partial charge in [0.2, 0.25) is 0 Å². The van der Waals surface area contributed by atoms with Crippen LogP contribution in [-0.4, -0.2) is 45.3 Å². The molecular formula is C60H96ClNO3. The van der Waals surface area contributed by atoms with Crippen LogP contribution >= 0.6 is 11.6 Å². The number of benzene rings is 3. The van der Waals surface area contributed by atoms with E-state index in [1.54, 1.807) is 7.11 Å². The first-order valence-electron chi connectivity index (χ1n) is 25.0. The molecule has 3 rings (SSSR count). The number of ether oxygens (including phenoxy) is 2. The van der Waals surface area contributed by atoms with Crippen LogP contribution in [0.3, 0.4) is 0 Å². The van der Waals surface area contributed by atoms with Gasteiger partial charge in [0.15, 0.2) is 0 Å². The summed E-state index contributed by atoms with van der Waals surface area (Å²) in [6.45, 7) is 42.8. The molecular weight excluding hydrogens is 818 g/mol. The Morgan fingerprint density at radius 1 is 0.600 bits per heavy atom. The van der Waals surface area contributed by atoms with Crippen molar-refractivity contribution < 1.29 is 14.3 Å². The number of hydrogen-bond donors (Lipinski definition) is 0. The van der Waals surface area contributed by atoms with Gasteiger partial charge in [-0.15, -0.1) is 11.6 Å². The summed E-state index contributed by atoms with van der Waals surface area (Å²) >= 11 is 6.29. The van der Waals surface area contributed by atoms with Gasteiger partial charge in [-0.3, -0.25) is 4.79 Å². The number of esters is 1. The summed E-state index contributed by atoms with van der Waals surface area (Å²) in [4.78, 5) is 17.1. The average molecular weight is 915 g/mol. The molecule has 3 aromatic carbocycles. The van der Waals surface area contributed by atoms with Gasteiger partial charge in [0.25, 0.3) is 0 Å². The molecule has 0 aliphatic carbocycles. The molecule has 5 heteroatoms. The van der Waals surface area contributed by atoms with Crippen LogP contribution in [0.15, 0.2) is 78.9 Å². The molecule has 65 heavy (non-hydrogen) atoms. The van der Waals surface area contributed by atoms with Crippen molar-refractivity contribution in [3.63, 3.8) is 0 Å². The van der Waals surface area contributed by atoms with Crippen molar-refractivity contribution >= 4 is 17.6 Å². The molecule has 0 fully saturated rings. The monoisotopic (exact) mass is 914 g/mol. The van der Waals surface area contributed by atoms with Crippen molar-refractivity contribution in [2.24, 2.45) is 49.7 Å². The van der Waals surface area contributed by atoms with Gasteiger partial charge in [0.1, 0.15) is 6.61 Å². The topological polar surface area (TPSA) is 38.8 Å². The minimum absolute atomic E-state index is 0.0751. The van der Waals surface area contributed by atoms with E-state index in [9.17, 15) is 4.79 Å². The van der Waals surface area contributed by atoms with E-state index in [1.807, 2.05) is 0 Å². The fourth-order valence-electron chi connectivity index (χ4n) is 10.9. The normalized spacial score (nSPS) is 16.3. The lowest BCUT2D eigenvalue weighted by atomic mass is 9.48. The zero-order valence-electron chi connectivity index (χ0n) is 45.3. The minimum Gasteiger partial charge on any atom is -0.463 e. The third-order valence-corrected chi connectivity index (χ3v) is 17.9. The van der Waals surface area contributed by atoms with E-state index in [1.165, 1.54) is 22.3 Å². The summed E-state index contributed by atoms with van der Waals surface area (Å²) in [5.74, 6) is 1.39. The Hall–Kier alpha value is -2.66. The van der Waals surface area contributed by atoms with Crippen molar-refractivity contribution in [2.75, 3.05) is 34.4 Å². The highest BCUT2D eigenvalue weighted by atomic mass is 35.5. The van der Waals surface area contributed by atoms with E-state index in [4.69, 9.17) is 21.1 Å². The third kappa shape index (κ3) is 14.0. The molecule has 4 nitrogen and oxygen atoms in total. The Labute approximate surface area is 405 Å². The molecule has 0 spiro atoms. The van der Waals surface area contributed by atoms with Gasteiger partial charge in [-0.2, -0.15) is 0 Å². The van der Waals surface area contributed by atoms with Crippen molar-refractivity contribution in [1.82, 2.24) is 4.90 Å². The quantitative estimate of drug-likeness (QED) is 0.0482. The lowest BCUT2D eigenvalue weighted by molar-refractivity contribution is -0.163. The first kappa shape index (κ1) is 56.7. The van der Waals surface area contributed by atoms with E-state index in [0.717, 1.165) is 37.8 Å². The van der Waals surface area contributed by atoms with Gasteiger partial charge >= 0.3 is 5.97 Å². The SMILES string of the molecule is CCC(C)(CC(c1ccc(CN(C)C)cc1)C(C)C)C(C)(C)C(CC(C)(C)C(C)(C)C(CC(C)(C)C(C)(C)C(CC(C)(C)C)c1ccc(CCl)cc1)c1ccccc1)C(=O)OCCOC. The largest absolute Gasteiger partial charge is 0.463 e. The standard InChI is InChI=1S/C60H96ClNO3/c1-21-60(17,37-49(43(2)3)46-31-29-45(30-32-46)42-62(18)19)59(15,16)52(53(63)65-36-35-64-20)40-56(9,10)58(13,14)51(47-25-23-22-24-26-47)39-55(7,8)57(11,12)50(38-54(4,5)6)48-33-27-44(41-61)28-34-48/h22-34,43,49-52H,21,35-42H2,1-20H3. The average Bonchev–Trinajstić information content (AvgIpc) is 3.22. The van der Waals surface area contributed by atoms with Crippen LogP contribution in [0.5, 0.6) is 0 Å². The van der Waals surface area contributed by atoms with Gasteiger partial charge < -0.3 is 14.4 Å². The van der Waals surface area contributed by atoms with Gasteiger partial charge in [-0.1, -0.05) is 203 Å². The van der Waals surface area contributed by atoms with Crippen LogP contribution in [0, 0.1) is 49.7 Å². The molecule has 0 saturated carbocycles. The second-order valence-corrected chi connectivity index (χ2v) is 25.4. The number of methoxy groups -OCH3 is 1. The minimum atomic E-state index is -0.403. The summed E-state index contributed by atoms with van der Waals surface area (Å²) < 4.78 is 11.6. The number of nitrogens with zero attached hydrogens (tertiary/aromatic N) is 1. The number of halogens is 1. The number of hydrogen-bond acceptors (Lipinski definition) is 4. The molecule has 0 heterocycles. The molecule has 3 aromatic rings. The Morgan fingerprint density at radius 2 is 1.08 bits per heavy atom. The van der Waals surface area contributed by atoms with Gasteiger partial charge in [-0.25, -0.2) is 0 Å². The first-order chi connectivity index (χ1) is 29.9. The smallest absolute Gasteiger partial charge is 0.309 e. The van der Waals surface area contributed by atoms with Gasteiger partial charge in [-0.05, 0) is 129 Å². The molecule has 0 amide bonds. The summed E-state index contributed by atoms with van der Waals surface area (Å²) in [5, 5.41) is 0. The Bertz CT molecular complexity index is 1880. The highest BCUT2D eigenvalue weighted by Crippen LogP contribution is 2.63. The molecule has 0 N–H and O–H groups in total. The van der Waals surface area contributed by atoms with Crippen LogP contribution in [0.1, 0.15) is 195 Å². The zero-order chi connectivity index (χ0) is 49.4. The highest BCUT2D eigenvalue weighted by molar-refractivity contribution is 6.17. The maximum Gasteiger partial charge on any atom is 0.309 e. The molecule has 0 aliphatic rings. The van der Waals surface area contributed by atoms with E-state index >= 15 is 0 Å². The molecule has 366 valence electrons. The predicted octanol–water partition coefficient (Wildman–Crippen LogP) is 16.8. The van der Waals surface area contributed by atoms with Crippen LogP contribution < -0.4 is 0 Å². The third-order valence-electron chi connectivity index (χ3n) is 17.6. The number of alkyl halides is 1. The Balaban J connectivity index is 2.17. The van der Waals surface area contributed by atoms with Gasteiger partial charge in [0.05, 0.1) is 12.5 Å². The number of carbonyl (C=O) groups excluding carboxylic acids is 1. The molecule has 0 aliphatic heterocycles. The molecule has 0 aromatic heterocycles. The Kier molecular flexibility index (Phi) is 19.7. The van der Waals surface area contributed by atoms with E-state index in [-0.39, 0.29) is 56.9 Å². The second kappa shape index (κ2) is 22.6. The van der Waals surface area contributed by atoms with Gasteiger partial charge in [0, 0.05) is 19.5 Å². The van der Waals surface area contributed by atoms with Crippen LogP contribution in [0.25, 0.3) is 0 Å². The van der Waals surface area contributed by atoms with Crippen LogP contribution in [0.2, 0.25) is 0 Å². The maximum atomic E-state index is 14.9. The second-order valence-electron chi connectivity index (χ2n) is 25.2. The van der Waals surface area contributed by atoms with Crippen molar-refractivity contribution in [2.45, 2.75) is 180 Å². The first-order valence-corrected chi connectivity index (χ1v) is 25.5. The molecule has 5 atom stereocenters. The zero-order valence-corrected chi connectivity index (χ0v) is 46.1. The predicted molar refractivity (Wildman–Crippen MR) is 281 cm³/mol. The molecule has 0 radical (unpaired) electrons. The van der Waals surface area contributed by atoms with Crippen molar-refractivity contribution in [1.29, 1.82) is 0 Å². The molecule has 5 unspecified atom stereocenters. The lowest BCUT2D eigenvalue weighted by Gasteiger charge is -2.56. The fourth-order valence-corrected chi connectivity index (χ4v) is 11.1. The van der Waals surface area contributed by atoms with E-state index in [2.05, 4.69) is 216 Å². The summed E-state index contributed by atoms with van der Waals surface area (Å²) in [6.07, 6.45) is 4.70. The van der Waals surface area contributed by atoms with Crippen LogP contribution in [-0.2, 0) is 26.7 Å². The fraction of sp³-hybridized carbons (Fsp3) is 0.683. The van der Waals surface area contributed by atoms with E-state index < -0.39 is 5.41 Å². The maximum absolute atomic E-state index is 14.9. The Morgan fingerprint density at radius 3 is 1.54 bits per heavy atom. The van der Waals surface area contributed by atoms with Crippen molar-refractivity contribution in [3.05, 3.63) is 107 Å². The highest BCUT2D eigenvalue weighted by Gasteiger charge is 2.55. The summed E-state index contributed by atoms with van der Waals surface area (Å²) in [5.41, 5.74) is 5.49. The molecule has 0 saturated heterocycles. The number of carbonyl (C=O) groups is 1. The van der Waals surface area contributed by atoms with E-state index in [0.29, 0.717) is 36.7 Å². The summed E-state index contributed by atoms with van der Waals surface area (Å²) in [7, 11) is 5.91. The summed E-state index contributed by atoms with van der Waals surface area (Å²) in [6, 6.07) is 29.6. The van der Waals surface area contributed by atoms with Crippen molar-refractivity contribution in [3.8, 4) is 0 Å². The van der Waals surface area contributed by atoms with Crippen LogP contribution in [0.4, 0.5) is 0 Å².